The zero-order chi connectivity index (χ0) is 20.8. The SMILES string of the molecule is CCOC(=O)c1cc(NC(=O)[C@@H]2CCCN(Cc3ccccc3Cl)C2)ccc1Cl. The van der Waals surface area contributed by atoms with Gasteiger partial charge < -0.3 is 10.1 Å². The molecule has 1 aliphatic heterocycles. The third-order valence-corrected chi connectivity index (χ3v) is 5.66. The fourth-order valence-corrected chi connectivity index (χ4v) is 3.88. The summed E-state index contributed by atoms with van der Waals surface area (Å²) >= 11 is 12.4. The second kappa shape index (κ2) is 10.1. The van der Waals surface area contributed by atoms with Gasteiger partial charge in [0.15, 0.2) is 0 Å². The molecule has 0 saturated carbocycles. The van der Waals surface area contributed by atoms with Crippen LogP contribution in [0.1, 0.15) is 35.7 Å². The summed E-state index contributed by atoms with van der Waals surface area (Å²) in [7, 11) is 0. The van der Waals surface area contributed by atoms with Gasteiger partial charge in [-0.25, -0.2) is 4.79 Å². The number of hydrogen-bond acceptors (Lipinski definition) is 4. The van der Waals surface area contributed by atoms with Gasteiger partial charge in [0.1, 0.15) is 0 Å². The molecular weight excluding hydrogens is 411 g/mol. The summed E-state index contributed by atoms with van der Waals surface area (Å²) in [4.78, 5) is 27.1. The molecule has 3 rings (SSSR count). The number of anilines is 1. The Morgan fingerprint density at radius 2 is 1.97 bits per heavy atom. The second-order valence-electron chi connectivity index (χ2n) is 7.07. The van der Waals surface area contributed by atoms with Crippen LogP contribution in [0.25, 0.3) is 0 Å². The molecule has 0 bridgehead atoms. The predicted molar refractivity (Wildman–Crippen MR) is 115 cm³/mol. The number of esters is 1. The molecule has 1 heterocycles. The van der Waals surface area contributed by atoms with Crippen LogP contribution in [-0.4, -0.2) is 36.5 Å². The Balaban J connectivity index is 1.64. The lowest BCUT2D eigenvalue weighted by molar-refractivity contribution is -0.121. The molecule has 1 atom stereocenters. The first-order valence-corrected chi connectivity index (χ1v) is 10.5. The lowest BCUT2D eigenvalue weighted by atomic mass is 9.96. The number of nitrogens with zero attached hydrogens (tertiary/aromatic N) is 1. The molecule has 154 valence electrons. The zero-order valence-electron chi connectivity index (χ0n) is 16.3. The molecule has 2 aromatic carbocycles. The number of halogens is 2. The molecule has 29 heavy (non-hydrogen) atoms. The maximum atomic E-state index is 12.8. The Morgan fingerprint density at radius 3 is 2.72 bits per heavy atom. The smallest absolute Gasteiger partial charge is 0.339 e. The summed E-state index contributed by atoms with van der Waals surface area (Å²) in [5.41, 5.74) is 1.84. The fraction of sp³-hybridized carbons (Fsp3) is 0.364. The summed E-state index contributed by atoms with van der Waals surface area (Å²) < 4.78 is 5.01. The minimum atomic E-state index is -0.503. The number of carbonyl (C=O) groups is 2. The van der Waals surface area contributed by atoms with Crippen LogP contribution >= 0.6 is 23.2 Å². The third-order valence-electron chi connectivity index (χ3n) is 4.96. The molecular formula is C22H24Cl2N2O3. The van der Waals surface area contributed by atoms with E-state index in [0.29, 0.717) is 17.3 Å². The summed E-state index contributed by atoms with van der Waals surface area (Å²) in [5.74, 6) is -0.698. The molecule has 1 saturated heterocycles. The van der Waals surface area contributed by atoms with Gasteiger partial charge in [0.05, 0.1) is 23.1 Å². The Labute approximate surface area is 180 Å². The van der Waals surface area contributed by atoms with E-state index in [0.717, 1.165) is 36.5 Å². The van der Waals surface area contributed by atoms with E-state index in [4.69, 9.17) is 27.9 Å². The van der Waals surface area contributed by atoms with Crippen LogP contribution in [-0.2, 0) is 16.1 Å². The Hall–Kier alpha value is -2.08. The quantitative estimate of drug-likeness (QED) is 0.648. The van der Waals surface area contributed by atoms with Gasteiger partial charge in [-0.05, 0) is 56.1 Å². The van der Waals surface area contributed by atoms with Gasteiger partial charge in [-0.2, -0.15) is 0 Å². The van der Waals surface area contributed by atoms with Crippen molar-refractivity contribution in [3.63, 3.8) is 0 Å². The lowest BCUT2D eigenvalue weighted by Crippen LogP contribution is -2.40. The number of rotatable bonds is 6. The minimum Gasteiger partial charge on any atom is -0.462 e. The van der Waals surface area contributed by atoms with E-state index in [1.807, 2.05) is 24.3 Å². The summed E-state index contributed by atoms with van der Waals surface area (Å²) in [6.07, 6.45) is 1.76. The van der Waals surface area contributed by atoms with Crippen molar-refractivity contribution in [3.8, 4) is 0 Å². The van der Waals surface area contributed by atoms with Gasteiger partial charge in [0.2, 0.25) is 5.91 Å². The number of benzene rings is 2. The zero-order valence-corrected chi connectivity index (χ0v) is 17.8. The molecule has 1 amide bonds. The van der Waals surface area contributed by atoms with Crippen LogP contribution in [0.5, 0.6) is 0 Å². The average molecular weight is 435 g/mol. The molecule has 0 aliphatic carbocycles. The van der Waals surface area contributed by atoms with E-state index in [2.05, 4.69) is 10.2 Å². The van der Waals surface area contributed by atoms with E-state index in [1.54, 1.807) is 25.1 Å². The van der Waals surface area contributed by atoms with Crippen LogP contribution < -0.4 is 5.32 Å². The molecule has 1 fully saturated rings. The lowest BCUT2D eigenvalue weighted by Gasteiger charge is -2.32. The highest BCUT2D eigenvalue weighted by atomic mass is 35.5. The van der Waals surface area contributed by atoms with Crippen LogP contribution in [0.3, 0.4) is 0 Å². The fourth-order valence-electron chi connectivity index (χ4n) is 3.49. The number of piperidine rings is 1. The molecule has 0 spiro atoms. The largest absolute Gasteiger partial charge is 0.462 e. The summed E-state index contributed by atoms with van der Waals surface area (Å²) in [5, 5.41) is 3.95. The molecule has 5 nitrogen and oxygen atoms in total. The van der Waals surface area contributed by atoms with Crippen molar-refractivity contribution in [2.45, 2.75) is 26.3 Å². The van der Waals surface area contributed by atoms with E-state index < -0.39 is 5.97 Å². The number of amides is 1. The van der Waals surface area contributed by atoms with Gasteiger partial charge in [0.25, 0.3) is 0 Å². The van der Waals surface area contributed by atoms with Gasteiger partial charge >= 0.3 is 5.97 Å². The van der Waals surface area contributed by atoms with E-state index in [1.165, 1.54) is 0 Å². The summed E-state index contributed by atoms with van der Waals surface area (Å²) in [6.45, 7) is 4.31. The molecule has 7 heteroatoms. The highest BCUT2D eigenvalue weighted by Gasteiger charge is 2.26. The van der Waals surface area contributed by atoms with E-state index >= 15 is 0 Å². The second-order valence-corrected chi connectivity index (χ2v) is 7.88. The first kappa shape index (κ1) is 21.6. The van der Waals surface area contributed by atoms with Gasteiger partial charge in [-0.1, -0.05) is 41.4 Å². The normalized spacial score (nSPS) is 17.0. The van der Waals surface area contributed by atoms with Crippen LogP contribution in [0.15, 0.2) is 42.5 Å². The van der Waals surface area contributed by atoms with Crippen molar-refractivity contribution >= 4 is 40.8 Å². The van der Waals surface area contributed by atoms with E-state index in [-0.39, 0.29) is 24.0 Å². The maximum Gasteiger partial charge on any atom is 0.339 e. The first-order valence-electron chi connectivity index (χ1n) is 9.71. The summed E-state index contributed by atoms with van der Waals surface area (Å²) in [6, 6.07) is 12.6. The highest BCUT2D eigenvalue weighted by molar-refractivity contribution is 6.33. The van der Waals surface area contributed by atoms with Crippen LogP contribution in [0, 0.1) is 5.92 Å². The average Bonchev–Trinajstić information content (AvgIpc) is 2.71. The molecule has 0 unspecified atom stereocenters. The monoisotopic (exact) mass is 434 g/mol. The Morgan fingerprint density at radius 1 is 1.17 bits per heavy atom. The third kappa shape index (κ3) is 5.72. The van der Waals surface area contributed by atoms with E-state index in [9.17, 15) is 9.59 Å². The van der Waals surface area contributed by atoms with Crippen LogP contribution in [0.4, 0.5) is 5.69 Å². The predicted octanol–water partition coefficient (Wildman–Crippen LogP) is 5.02. The Bertz CT molecular complexity index is 888. The maximum absolute atomic E-state index is 12.8. The highest BCUT2D eigenvalue weighted by Crippen LogP contribution is 2.25. The van der Waals surface area contributed by atoms with Crippen LogP contribution in [0.2, 0.25) is 10.0 Å². The number of nitrogens with one attached hydrogen (secondary N) is 1. The van der Waals surface area contributed by atoms with Crippen molar-refractivity contribution in [1.29, 1.82) is 0 Å². The molecule has 0 radical (unpaired) electrons. The standard InChI is InChI=1S/C22H24Cl2N2O3/c1-2-29-22(28)18-12-17(9-10-20(18)24)25-21(27)16-7-5-11-26(14-16)13-15-6-3-4-8-19(15)23/h3-4,6,8-10,12,16H,2,5,7,11,13-14H2,1H3,(H,25,27)/t16-/m1/s1. The van der Waals surface area contributed by atoms with Crippen molar-refractivity contribution < 1.29 is 14.3 Å². The Kier molecular flexibility index (Phi) is 7.53. The number of ether oxygens (including phenoxy) is 1. The van der Waals surface area contributed by atoms with Crippen molar-refractivity contribution in [2.24, 2.45) is 5.92 Å². The topological polar surface area (TPSA) is 58.6 Å². The molecule has 0 aromatic heterocycles. The van der Waals surface area contributed by atoms with Gasteiger partial charge in [-0.3, -0.25) is 9.69 Å². The molecule has 2 aromatic rings. The van der Waals surface area contributed by atoms with Crippen molar-refractivity contribution in [2.75, 3.05) is 25.0 Å². The van der Waals surface area contributed by atoms with Crippen molar-refractivity contribution in [3.05, 3.63) is 63.6 Å². The molecule has 1 N–H and O–H groups in total. The first-order chi connectivity index (χ1) is 14.0. The molecule has 1 aliphatic rings. The number of likely N-dealkylation sites (tertiary alicyclic amines) is 1. The number of carbonyl (C=O) groups excluding carboxylic acids is 2. The van der Waals surface area contributed by atoms with Gasteiger partial charge in [0, 0.05) is 23.8 Å². The number of hydrogen-bond donors (Lipinski definition) is 1. The minimum absolute atomic E-state index is 0.0639. The van der Waals surface area contributed by atoms with Gasteiger partial charge in [-0.15, -0.1) is 0 Å². The van der Waals surface area contributed by atoms with Crippen molar-refractivity contribution in [1.82, 2.24) is 4.90 Å².